The lowest BCUT2D eigenvalue weighted by molar-refractivity contribution is 0.254. The van der Waals surface area contributed by atoms with E-state index in [2.05, 4.69) is 53.8 Å². The van der Waals surface area contributed by atoms with Gasteiger partial charge >= 0.3 is 0 Å². The molecule has 1 aliphatic heterocycles. The van der Waals surface area contributed by atoms with Crippen molar-refractivity contribution in [2.75, 3.05) is 31.1 Å². The van der Waals surface area contributed by atoms with Gasteiger partial charge in [-0.1, -0.05) is 18.1 Å². The van der Waals surface area contributed by atoms with Crippen LogP contribution < -0.4 is 4.90 Å². The van der Waals surface area contributed by atoms with Crippen LogP contribution in [0.4, 0.5) is 5.69 Å². The molecule has 90 valence electrons. The largest absolute Gasteiger partial charge is 0.366 e. The minimum absolute atomic E-state index is 0.527. The zero-order valence-corrected chi connectivity index (χ0v) is 10.7. The molecule has 1 aromatic rings. The van der Waals surface area contributed by atoms with Crippen LogP contribution >= 0.6 is 0 Å². The average Bonchev–Trinajstić information content (AvgIpc) is 2.29. The molecule has 2 heteroatoms. The number of hydrogen-bond acceptors (Lipinski definition) is 2. The van der Waals surface area contributed by atoms with E-state index in [1.165, 1.54) is 11.3 Å². The van der Waals surface area contributed by atoms with Crippen molar-refractivity contribution in [2.24, 2.45) is 0 Å². The minimum Gasteiger partial charge on any atom is -0.366 e. The maximum atomic E-state index is 5.37. The summed E-state index contributed by atoms with van der Waals surface area (Å²) in [6.45, 7) is 8.35. The summed E-state index contributed by atoms with van der Waals surface area (Å²) in [7, 11) is 0. The van der Waals surface area contributed by atoms with Crippen LogP contribution in [-0.2, 0) is 0 Å². The third-order valence-electron chi connectivity index (χ3n) is 3.36. The molecule has 0 bridgehead atoms. The zero-order chi connectivity index (χ0) is 12.3. The van der Waals surface area contributed by atoms with Crippen molar-refractivity contribution in [3.05, 3.63) is 29.8 Å². The van der Waals surface area contributed by atoms with Crippen LogP contribution in [0.5, 0.6) is 0 Å². The Morgan fingerprint density at radius 3 is 2.88 bits per heavy atom. The van der Waals surface area contributed by atoms with Crippen molar-refractivity contribution >= 4 is 5.69 Å². The molecule has 1 aliphatic rings. The Hall–Kier alpha value is -1.46. The summed E-state index contributed by atoms with van der Waals surface area (Å²) in [6, 6.07) is 9.25. The lowest BCUT2D eigenvalue weighted by Gasteiger charge is -2.40. The van der Waals surface area contributed by atoms with Crippen LogP contribution in [0, 0.1) is 19.3 Å². The van der Waals surface area contributed by atoms with Gasteiger partial charge in [-0.25, -0.2) is 0 Å². The molecular formula is C15H20N2. The Bertz CT molecular complexity index is 419. The normalized spacial score (nSPS) is 21.2. The van der Waals surface area contributed by atoms with Gasteiger partial charge in [0.05, 0.1) is 6.54 Å². The molecule has 2 nitrogen and oxygen atoms in total. The Morgan fingerprint density at radius 2 is 2.24 bits per heavy atom. The van der Waals surface area contributed by atoms with Crippen LogP contribution in [0.3, 0.4) is 0 Å². The van der Waals surface area contributed by atoms with Gasteiger partial charge in [0.25, 0.3) is 0 Å². The van der Waals surface area contributed by atoms with Gasteiger partial charge in [0.15, 0.2) is 0 Å². The number of nitrogens with zero attached hydrogens (tertiary/aromatic N) is 2. The van der Waals surface area contributed by atoms with Crippen molar-refractivity contribution in [1.29, 1.82) is 0 Å². The second-order valence-corrected chi connectivity index (χ2v) is 4.82. The Balaban J connectivity index is 2.07. The van der Waals surface area contributed by atoms with E-state index in [0.29, 0.717) is 6.04 Å². The number of anilines is 1. The average molecular weight is 228 g/mol. The first kappa shape index (κ1) is 12.0. The van der Waals surface area contributed by atoms with Crippen molar-refractivity contribution in [3.8, 4) is 12.3 Å². The van der Waals surface area contributed by atoms with Crippen molar-refractivity contribution in [2.45, 2.75) is 19.9 Å². The molecule has 2 rings (SSSR count). The van der Waals surface area contributed by atoms with E-state index in [1.807, 2.05) is 0 Å². The molecule has 0 amide bonds. The first-order valence-electron chi connectivity index (χ1n) is 6.20. The second-order valence-electron chi connectivity index (χ2n) is 4.82. The van der Waals surface area contributed by atoms with Crippen LogP contribution in [-0.4, -0.2) is 37.1 Å². The van der Waals surface area contributed by atoms with Gasteiger partial charge in [-0.15, -0.1) is 6.42 Å². The van der Waals surface area contributed by atoms with Gasteiger partial charge in [0.2, 0.25) is 0 Å². The Morgan fingerprint density at radius 1 is 1.41 bits per heavy atom. The first-order valence-corrected chi connectivity index (χ1v) is 6.20. The zero-order valence-electron chi connectivity index (χ0n) is 10.7. The van der Waals surface area contributed by atoms with Gasteiger partial charge in [-0.3, -0.25) is 4.90 Å². The fraction of sp³-hybridized carbons (Fsp3) is 0.467. The molecule has 17 heavy (non-hydrogen) atoms. The Kier molecular flexibility index (Phi) is 3.71. The highest BCUT2D eigenvalue weighted by molar-refractivity contribution is 5.49. The molecule has 1 saturated heterocycles. The van der Waals surface area contributed by atoms with Crippen molar-refractivity contribution in [1.82, 2.24) is 4.90 Å². The monoisotopic (exact) mass is 228 g/mol. The van der Waals surface area contributed by atoms with Crippen LogP contribution in [0.2, 0.25) is 0 Å². The summed E-state index contributed by atoms with van der Waals surface area (Å²) in [5.41, 5.74) is 2.65. The second kappa shape index (κ2) is 5.25. The molecule has 0 radical (unpaired) electrons. The van der Waals surface area contributed by atoms with E-state index in [-0.39, 0.29) is 0 Å². The third kappa shape index (κ3) is 2.81. The molecular weight excluding hydrogens is 208 g/mol. The molecule has 1 heterocycles. The highest BCUT2D eigenvalue weighted by Gasteiger charge is 2.23. The molecule has 0 N–H and O–H groups in total. The molecule has 0 saturated carbocycles. The molecule has 0 unspecified atom stereocenters. The number of terminal acetylenes is 1. The number of rotatable bonds is 2. The quantitative estimate of drug-likeness (QED) is 0.716. The fourth-order valence-corrected chi connectivity index (χ4v) is 2.50. The highest BCUT2D eigenvalue weighted by Crippen LogP contribution is 2.21. The van der Waals surface area contributed by atoms with Gasteiger partial charge in [-0.2, -0.15) is 0 Å². The molecule has 0 spiro atoms. The van der Waals surface area contributed by atoms with E-state index in [9.17, 15) is 0 Å². The summed E-state index contributed by atoms with van der Waals surface area (Å²) >= 11 is 0. The first-order chi connectivity index (χ1) is 8.20. The van der Waals surface area contributed by atoms with Gasteiger partial charge in [-0.05, 0) is 31.5 Å². The Labute approximate surface area is 104 Å². The lowest BCUT2D eigenvalue weighted by Crippen LogP contribution is -2.52. The minimum atomic E-state index is 0.527. The van der Waals surface area contributed by atoms with E-state index in [0.717, 1.165) is 26.2 Å². The number of piperazine rings is 1. The summed E-state index contributed by atoms with van der Waals surface area (Å²) in [6.07, 6.45) is 5.37. The standard InChI is InChI=1S/C15H20N2/c1-4-8-16-9-10-17(14(3)12-16)15-7-5-6-13(2)11-15/h1,5-7,11,14H,8-10,12H2,2-3H3/t14-/m0/s1. The van der Waals surface area contributed by atoms with E-state index < -0.39 is 0 Å². The predicted octanol–water partition coefficient (Wildman–Crippen LogP) is 2.14. The topological polar surface area (TPSA) is 6.48 Å². The van der Waals surface area contributed by atoms with Crippen LogP contribution in [0.15, 0.2) is 24.3 Å². The van der Waals surface area contributed by atoms with Crippen LogP contribution in [0.1, 0.15) is 12.5 Å². The highest BCUT2D eigenvalue weighted by atomic mass is 15.3. The number of hydrogen-bond donors (Lipinski definition) is 0. The number of benzene rings is 1. The van der Waals surface area contributed by atoms with Crippen LogP contribution in [0.25, 0.3) is 0 Å². The SMILES string of the molecule is C#CCN1CCN(c2cccc(C)c2)[C@@H](C)C1. The molecule has 1 atom stereocenters. The molecule has 0 aliphatic carbocycles. The van der Waals surface area contributed by atoms with E-state index in [1.54, 1.807) is 0 Å². The summed E-state index contributed by atoms with van der Waals surface area (Å²) < 4.78 is 0. The summed E-state index contributed by atoms with van der Waals surface area (Å²) in [5, 5.41) is 0. The van der Waals surface area contributed by atoms with Gasteiger partial charge in [0.1, 0.15) is 0 Å². The molecule has 1 fully saturated rings. The van der Waals surface area contributed by atoms with E-state index >= 15 is 0 Å². The summed E-state index contributed by atoms with van der Waals surface area (Å²) in [5.74, 6) is 2.73. The maximum absolute atomic E-state index is 5.37. The number of aryl methyl sites for hydroxylation is 1. The smallest absolute Gasteiger partial charge is 0.0600 e. The third-order valence-corrected chi connectivity index (χ3v) is 3.36. The van der Waals surface area contributed by atoms with Gasteiger partial charge < -0.3 is 4.90 Å². The van der Waals surface area contributed by atoms with Crippen molar-refractivity contribution < 1.29 is 0 Å². The lowest BCUT2D eigenvalue weighted by atomic mass is 10.1. The maximum Gasteiger partial charge on any atom is 0.0600 e. The molecule has 1 aromatic carbocycles. The van der Waals surface area contributed by atoms with E-state index in [4.69, 9.17) is 6.42 Å². The summed E-state index contributed by atoms with van der Waals surface area (Å²) in [4.78, 5) is 4.82. The predicted molar refractivity (Wildman–Crippen MR) is 73.3 cm³/mol. The fourth-order valence-electron chi connectivity index (χ4n) is 2.50. The molecule has 0 aromatic heterocycles. The van der Waals surface area contributed by atoms with Crippen molar-refractivity contribution in [3.63, 3.8) is 0 Å². The van der Waals surface area contributed by atoms with Gasteiger partial charge in [0, 0.05) is 31.4 Å².